The molecule has 0 aliphatic heterocycles. The van der Waals surface area contributed by atoms with E-state index in [4.69, 9.17) is 18.4 Å². The van der Waals surface area contributed by atoms with Gasteiger partial charge in [0.2, 0.25) is 0 Å². The van der Waals surface area contributed by atoms with Crippen LogP contribution in [0.3, 0.4) is 0 Å². The largest absolute Gasteiger partial charge is 0.491 e. The summed E-state index contributed by atoms with van der Waals surface area (Å²) in [5.41, 5.74) is 1.76. The Morgan fingerprint density at radius 3 is 2.19 bits per heavy atom. The number of methoxy groups -OCH3 is 2. The van der Waals surface area contributed by atoms with Crippen molar-refractivity contribution < 1.29 is 26.8 Å². The molecular formula is C19H24O6S. The van der Waals surface area contributed by atoms with Crippen molar-refractivity contribution in [3.8, 4) is 11.5 Å². The summed E-state index contributed by atoms with van der Waals surface area (Å²) in [6, 6.07) is 11.5. The number of aryl methyl sites for hydroxylation is 1. The average molecular weight is 380 g/mol. The molecule has 0 bridgehead atoms. The first kappa shape index (κ1) is 20.2. The molecule has 6 nitrogen and oxygen atoms in total. The zero-order valence-electron chi connectivity index (χ0n) is 15.2. The number of benzene rings is 2. The predicted molar refractivity (Wildman–Crippen MR) is 98.4 cm³/mol. The van der Waals surface area contributed by atoms with Crippen LogP contribution in [0, 0.1) is 6.92 Å². The van der Waals surface area contributed by atoms with E-state index in [1.165, 1.54) is 12.1 Å². The number of hydrogen-bond donors (Lipinski definition) is 0. The molecule has 0 unspecified atom stereocenters. The second kappa shape index (κ2) is 9.56. The van der Waals surface area contributed by atoms with Crippen molar-refractivity contribution in [2.24, 2.45) is 0 Å². The topological polar surface area (TPSA) is 71.1 Å². The summed E-state index contributed by atoms with van der Waals surface area (Å²) in [7, 11) is -0.683. The van der Waals surface area contributed by atoms with Crippen LogP contribution in [0.4, 0.5) is 0 Å². The van der Waals surface area contributed by atoms with Crippen LogP contribution in [-0.4, -0.2) is 42.5 Å². The van der Waals surface area contributed by atoms with Crippen molar-refractivity contribution in [2.45, 2.75) is 18.2 Å². The summed E-state index contributed by atoms with van der Waals surface area (Å²) in [5, 5.41) is 0. The number of rotatable bonds is 10. The average Bonchev–Trinajstić information content (AvgIpc) is 2.62. The maximum Gasteiger partial charge on any atom is 0.339 e. The van der Waals surface area contributed by atoms with Crippen LogP contribution in [0.25, 0.3) is 0 Å². The molecule has 2 rings (SSSR count). The smallest absolute Gasteiger partial charge is 0.339 e. The highest BCUT2D eigenvalue weighted by Crippen LogP contribution is 2.24. The van der Waals surface area contributed by atoms with E-state index in [0.29, 0.717) is 31.1 Å². The van der Waals surface area contributed by atoms with Gasteiger partial charge >= 0.3 is 10.1 Å². The van der Waals surface area contributed by atoms with Gasteiger partial charge in [0, 0.05) is 14.2 Å². The maximum atomic E-state index is 12.5. The molecule has 0 saturated heterocycles. The van der Waals surface area contributed by atoms with Crippen molar-refractivity contribution in [2.75, 3.05) is 34.0 Å². The third-order valence-corrected chi connectivity index (χ3v) is 4.95. The molecule has 0 fully saturated rings. The maximum absolute atomic E-state index is 12.5. The molecule has 2 aromatic rings. The van der Waals surface area contributed by atoms with Crippen molar-refractivity contribution in [1.82, 2.24) is 0 Å². The van der Waals surface area contributed by atoms with Gasteiger partial charge in [-0.05, 0) is 54.8 Å². The Morgan fingerprint density at radius 1 is 0.885 bits per heavy atom. The second-order valence-corrected chi connectivity index (χ2v) is 7.24. The zero-order chi connectivity index (χ0) is 19.0. The van der Waals surface area contributed by atoms with E-state index in [-0.39, 0.29) is 10.6 Å². The monoisotopic (exact) mass is 380 g/mol. The standard InChI is InChI=1S/C19H24O6S/c1-15-14-18(8-9-19(15)24-13-12-23-3)26(20,21)25-17-6-4-16(5-7-17)10-11-22-2/h4-9,14H,10-13H2,1-3H3. The molecule has 0 atom stereocenters. The molecule has 2 aromatic carbocycles. The lowest BCUT2D eigenvalue weighted by Crippen LogP contribution is -2.11. The highest BCUT2D eigenvalue weighted by Gasteiger charge is 2.18. The van der Waals surface area contributed by atoms with Crippen LogP contribution >= 0.6 is 0 Å². The highest BCUT2D eigenvalue weighted by atomic mass is 32.2. The Labute approximate surface area is 154 Å². The summed E-state index contributed by atoms with van der Waals surface area (Å²) in [5.74, 6) is 0.882. The van der Waals surface area contributed by atoms with Gasteiger partial charge in [0.15, 0.2) is 0 Å². The van der Waals surface area contributed by atoms with Crippen LogP contribution < -0.4 is 8.92 Å². The van der Waals surface area contributed by atoms with E-state index in [1.807, 2.05) is 12.1 Å². The van der Waals surface area contributed by atoms with Gasteiger partial charge in [-0.1, -0.05) is 12.1 Å². The fourth-order valence-corrected chi connectivity index (χ4v) is 3.30. The normalized spacial score (nSPS) is 11.3. The van der Waals surface area contributed by atoms with E-state index in [9.17, 15) is 8.42 Å². The second-order valence-electron chi connectivity index (χ2n) is 5.69. The first-order valence-corrected chi connectivity index (χ1v) is 9.62. The van der Waals surface area contributed by atoms with Crippen LogP contribution in [0.1, 0.15) is 11.1 Å². The van der Waals surface area contributed by atoms with Gasteiger partial charge in [0.05, 0.1) is 13.2 Å². The SMILES string of the molecule is COCCOc1ccc(S(=O)(=O)Oc2ccc(CCOC)cc2)cc1C. The van der Waals surface area contributed by atoms with Gasteiger partial charge in [0.1, 0.15) is 23.0 Å². The van der Waals surface area contributed by atoms with Crippen LogP contribution in [0.15, 0.2) is 47.4 Å². The van der Waals surface area contributed by atoms with E-state index >= 15 is 0 Å². The minimum atomic E-state index is -3.91. The van der Waals surface area contributed by atoms with Gasteiger partial charge < -0.3 is 18.4 Å². The lowest BCUT2D eigenvalue weighted by Gasteiger charge is -2.11. The molecule has 0 aromatic heterocycles. The fourth-order valence-electron chi connectivity index (χ4n) is 2.28. The Morgan fingerprint density at radius 2 is 1.58 bits per heavy atom. The summed E-state index contributed by atoms with van der Waals surface area (Å²) in [6.45, 7) is 3.25. The molecule has 0 radical (unpaired) electrons. The number of hydrogen-bond acceptors (Lipinski definition) is 6. The van der Waals surface area contributed by atoms with Gasteiger partial charge in [0.25, 0.3) is 0 Å². The third-order valence-electron chi connectivity index (χ3n) is 3.70. The molecule has 7 heteroatoms. The first-order valence-electron chi connectivity index (χ1n) is 8.21. The van der Waals surface area contributed by atoms with Crippen LogP contribution in [0.2, 0.25) is 0 Å². The van der Waals surface area contributed by atoms with Crippen molar-refractivity contribution in [3.63, 3.8) is 0 Å². The highest BCUT2D eigenvalue weighted by molar-refractivity contribution is 7.87. The van der Waals surface area contributed by atoms with Gasteiger partial charge in [-0.15, -0.1) is 0 Å². The summed E-state index contributed by atoms with van der Waals surface area (Å²) in [4.78, 5) is 0.0811. The van der Waals surface area contributed by atoms with Crippen molar-refractivity contribution in [3.05, 3.63) is 53.6 Å². The van der Waals surface area contributed by atoms with E-state index in [0.717, 1.165) is 12.0 Å². The molecule has 26 heavy (non-hydrogen) atoms. The molecule has 0 heterocycles. The van der Waals surface area contributed by atoms with Crippen LogP contribution in [-0.2, 0) is 26.0 Å². The molecular weight excluding hydrogens is 356 g/mol. The summed E-state index contributed by atoms with van der Waals surface area (Å²) >= 11 is 0. The van der Waals surface area contributed by atoms with Gasteiger partial charge in [-0.3, -0.25) is 0 Å². The lowest BCUT2D eigenvalue weighted by molar-refractivity contribution is 0.146. The predicted octanol–water partition coefficient (Wildman–Crippen LogP) is 2.98. The Bertz CT molecular complexity index is 799. The fraction of sp³-hybridized carbons (Fsp3) is 0.368. The first-order chi connectivity index (χ1) is 12.5. The van der Waals surface area contributed by atoms with E-state index in [2.05, 4.69) is 0 Å². The molecule has 0 N–H and O–H groups in total. The lowest BCUT2D eigenvalue weighted by atomic mass is 10.1. The molecule has 0 spiro atoms. The summed E-state index contributed by atoms with van der Waals surface area (Å²) < 4.78 is 45.7. The Kier molecular flexibility index (Phi) is 7.44. The molecule has 0 saturated carbocycles. The molecule has 0 aliphatic rings. The van der Waals surface area contributed by atoms with Gasteiger partial charge in [-0.2, -0.15) is 8.42 Å². The Balaban J connectivity index is 2.08. The van der Waals surface area contributed by atoms with Crippen molar-refractivity contribution in [1.29, 1.82) is 0 Å². The molecule has 0 amide bonds. The van der Waals surface area contributed by atoms with Crippen molar-refractivity contribution >= 4 is 10.1 Å². The van der Waals surface area contributed by atoms with E-state index < -0.39 is 10.1 Å². The third kappa shape index (κ3) is 5.72. The summed E-state index contributed by atoms with van der Waals surface area (Å²) in [6.07, 6.45) is 0.757. The Hall–Kier alpha value is -2.09. The molecule has 142 valence electrons. The zero-order valence-corrected chi connectivity index (χ0v) is 16.0. The number of ether oxygens (including phenoxy) is 3. The quantitative estimate of drug-likeness (QED) is 0.466. The van der Waals surface area contributed by atoms with E-state index in [1.54, 1.807) is 39.3 Å². The van der Waals surface area contributed by atoms with Gasteiger partial charge in [-0.25, -0.2) is 0 Å². The molecule has 0 aliphatic carbocycles. The van der Waals surface area contributed by atoms with Crippen LogP contribution in [0.5, 0.6) is 11.5 Å². The minimum absolute atomic E-state index is 0.0811. The minimum Gasteiger partial charge on any atom is -0.491 e.